The number of hydrogen-bond acceptors (Lipinski definition) is 4. The zero-order chi connectivity index (χ0) is 17.9. The molecule has 0 fully saturated rings. The summed E-state index contributed by atoms with van der Waals surface area (Å²) in [6, 6.07) is 5.94. The number of esters is 1. The molecule has 9 heteroatoms. The first-order chi connectivity index (χ1) is 11.3. The van der Waals surface area contributed by atoms with Crippen LogP contribution in [0.25, 0.3) is 0 Å². The Bertz CT molecular complexity index is 815. The minimum absolute atomic E-state index is 0.0447. The number of nitrogens with one attached hydrogen (secondary N) is 1. The van der Waals surface area contributed by atoms with Crippen molar-refractivity contribution in [2.24, 2.45) is 0 Å². The molecule has 2 rings (SSSR count). The van der Waals surface area contributed by atoms with E-state index in [9.17, 15) is 14.0 Å². The fourth-order valence-electron chi connectivity index (χ4n) is 1.73. The lowest BCUT2D eigenvalue weighted by Crippen LogP contribution is -2.21. The maximum atomic E-state index is 12.9. The van der Waals surface area contributed by atoms with E-state index in [1.807, 2.05) is 0 Å². The van der Waals surface area contributed by atoms with Crippen LogP contribution in [0.1, 0.15) is 10.4 Å². The number of hydrogen-bond donors (Lipinski definition) is 2. The molecule has 0 aliphatic rings. The third-order valence-electron chi connectivity index (χ3n) is 2.85. The predicted octanol–water partition coefficient (Wildman–Crippen LogP) is 4.16. The van der Waals surface area contributed by atoms with Crippen LogP contribution < -0.4 is 11.1 Å². The molecule has 0 bridgehead atoms. The number of carbonyl (C=O) groups excluding carboxylic acids is 2. The van der Waals surface area contributed by atoms with Gasteiger partial charge in [-0.2, -0.15) is 0 Å². The highest BCUT2D eigenvalue weighted by Crippen LogP contribution is 2.32. The van der Waals surface area contributed by atoms with Crippen molar-refractivity contribution in [3.63, 3.8) is 0 Å². The van der Waals surface area contributed by atoms with Crippen molar-refractivity contribution in [1.82, 2.24) is 0 Å². The molecular weight excluding hydrogens is 382 g/mol. The monoisotopic (exact) mass is 390 g/mol. The van der Waals surface area contributed by atoms with Gasteiger partial charge in [-0.05, 0) is 30.3 Å². The number of nitrogens with two attached hydrogens (primary N) is 1. The minimum Gasteiger partial charge on any atom is -0.452 e. The first kappa shape index (κ1) is 18.3. The Kier molecular flexibility index (Phi) is 5.88. The Balaban J connectivity index is 1.98. The molecule has 0 atom stereocenters. The smallest absolute Gasteiger partial charge is 0.340 e. The first-order valence-electron chi connectivity index (χ1n) is 6.44. The Labute approximate surface area is 151 Å². The second kappa shape index (κ2) is 7.70. The highest BCUT2D eigenvalue weighted by molar-refractivity contribution is 6.44. The summed E-state index contributed by atoms with van der Waals surface area (Å²) in [5.74, 6) is -2.09. The van der Waals surface area contributed by atoms with Crippen LogP contribution in [0.3, 0.4) is 0 Å². The number of benzene rings is 2. The molecular formula is C15H10Cl3FN2O3. The van der Waals surface area contributed by atoms with Crippen molar-refractivity contribution in [1.29, 1.82) is 0 Å². The number of halogens is 4. The van der Waals surface area contributed by atoms with Crippen molar-refractivity contribution in [2.45, 2.75) is 0 Å². The molecule has 0 spiro atoms. The number of anilines is 2. The summed E-state index contributed by atoms with van der Waals surface area (Å²) in [4.78, 5) is 23.7. The molecule has 0 aliphatic carbocycles. The molecule has 0 unspecified atom stereocenters. The Morgan fingerprint density at radius 2 is 1.75 bits per heavy atom. The van der Waals surface area contributed by atoms with E-state index in [0.29, 0.717) is 0 Å². The van der Waals surface area contributed by atoms with Gasteiger partial charge in [0.15, 0.2) is 6.61 Å². The number of carbonyl (C=O) groups is 2. The molecule has 3 N–H and O–H groups in total. The lowest BCUT2D eigenvalue weighted by atomic mass is 10.2. The van der Waals surface area contributed by atoms with Gasteiger partial charge < -0.3 is 15.8 Å². The van der Waals surface area contributed by atoms with Gasteiger partial charge in [-0.15, -0.1) is 0 Å². The van der Waals surface area contributed by atoms with Crippen LogP contribution in [-0.4, -0.2) is 18.5 Å². The molecule has 5 nitrogen and oxygen atoms in total. The summed E-state index contributed by atoms with van der Waals surface area (Å²) in [6.45, 7) is -0.591. The van der Waals surface area contributed by atoms with E-state index in [2.05, 4.69) is 5.32 Å². The number of amides is 1. The van der Waals surface area contributed by atoms with Gasteiger partial charge in [0.2, 0.25) is 0 Å². The van der Waals surface area contributed by atoms with E-state index in [4.69, 9.17) is 45.3 Å². The van der Waals surface area contributed by atoms with Crippen molar-refractivity contribution in [3.8, 4) is 0 Å². The second-order valence-electron chi connectivity index (χ2n) is 4.60. The van der Waals surface area contributed by atoms with E-state index < -0.39 is 24.3 Å². The standard InChI is InChI=1S/C15H10Cl3FN2O3/c16-9-4-11(18)13(5-10(9)17)21-14(22)6-24-15(23)8-2-1-7(19)3-12(8)20/h1-5H,6,20H2,(H,21,22). The quantitative estimate of drug-likeness (QED) is 0.466. The van der Waals surface area contributed by atoms with Gasteiger partial charge in [-0.25, -0.2) is 9.18 Å². The van der Waals surface area contributed by atoms with Crippen LogP contribution in [0.4, 0.5) is 15.8 Å². The largest absolute Gasteiger partial charge is 0.452 e. The summed E-state index contributed by atoms with van der Waals surface area (Å²) in [7, 11) is 0. The Morgan fingerprint density at radius 1 is 1.08 bits per heavy atom. The van der Waals surface area contributed by atoms with E-state index in [1.165, 1.54) is 18.2 Å². The lowest BCUT2D eigenvalue weighted by Gasteiger charge is -2.10. The summed E-state index contributed by atoms with van der Waals surface area (Å²) in [5.41, 5.74) is 5.60. The maximum absolute atomic E-state index is 12.9. The average Bonchev–Trinajstić information content (AvgIpc) is 2.50. The molecule has 0 saturated heterocycles. The SMILES string of the molecule is Nc1cc(F)ccc1C(=O)OCC(=O)Nc1cc(Cl)c(Cl)cc1Cl. The predicted molar refractivity (Wildman–Crippen MR) is 91.2 cm³/mol. The highest BCUT2D eigenvalue weighted by atomic mass is 35.5. The lowest BCUT2D eigenvalue weighted by molar-refractivity contribution is -0.119. The van der Waals surface area contributed by atoms with Crippen LogP contribution in [0.5, 0.6) is 0 Å². The van der Waals surface area contributed by atoms with Crippen molar-refractivity contribution in [3.05, 3.63) is 56.8 Å². The number of nitrogen functional groups attached to an aromatic ring is 1. The fraction of sp³-hybridized carbons (Fsp3) is 0.0667. The van der Waals surface area contributed by atoms with Gasteiger partial charge in [-0.1, -0.05) is 34.8 Å². The Morgan fingerprint density at radius 3 is 2.42 bits per heavy atom. The molecule has 2 aromatic rings. The minimum atomic E-state index is -0.858. The van der Waals surface area contributed by atoms with E-state index in [0.717, 1.165) is 12.1 Å². The molecule has 0 aromatic heterocycles. The van der Waals surface area contributed by atoms with Gasteiger partial charge in [0, 0.05) is 5.69 Å². The Hall–Kier alpha value is -2.02. The van der Waals surface area contributed by atoms with Crippen LogP contribution in [0.15, 0.2) is 30.3 Å². The van der Waals surface area contributed by atoms with Crippen LogP contribution in [-0.2, 0) is 9.53 Å². The molecule has 0 saturated carbocycles. The fourth-order valence-corrected chi connectivity index (χ4v) is 2.33. The molecule has 1 amide bonds. The van der Waals surface area contributed by atoms with Crippen LogP contribution in [0, 0.1) is 5.82 Å². The summed E-state index contributed by atoms with van der Waals surface area (Å²) < 4.78 is 17.8. The van der Waals surface area contributed by atoms with Crippen molar-refractivity contribution in [2.75, 3.05) is 17.7 Å². The van der Waals surface area contributed by atoms with Gasteiger partial charge in [-0.3, -0.25) is 4.79 Å². The molecule has 0 aliphatic heterocycles. The third kappa shape index (κ3) is 4.50. The first-order valence-corrected chi connectivity index (χ1v) is 7.58. The molecule has 24 heavy (non-hydrogen) atoms. The van der Waals surface area contributed by atoms with Crippen molar-refractivity contribution < 1.29 is 18.7 Å². The maximum Gasteiger partial charge on any atom is 0.340 e. The second-order valence-corrected chi connectivity index (χ2v) is 5.82. The normalized spacial score (nSPS) is 10.3. The van der Waals surface area contributed by atoms with Gasteiger partial charge in [0.05, 0.1) is 26.3 Å². The zero-order valence-corrected chi connectivity index (χ0v) is 14.2. The molecule has 0 radical (unpaired) electrons. The summed E-state index contributed by atoms with van der Waals surface area (Å²) >= 11 is 17.5. The van der Waals surface area contributed by atoms with Gasteiger partial charge in [0.25, 0.3) is 5.91 Å². The molecule has 126 valence electrons. The molecule has 2 aromatic carbocycles. The van der Waals surface area contributed by atoms with E-state index in [-0.39, 0.29) is 32.0 Å². The van der Waals surface area contributed by atoms with E-state index in [1.54, 1.807) is 0 Å². The topological polar surface area (TPSA) is 81.4 Å². The van der Waals surface area contributed by atoms with Gasteiger partial charge >= 0.3 is 5.97 Å². The van der Waals surface area contributed by atoms with Crippen molar-refractivity contribution >= 4 is 58.1 Å². The van der Waals surface area contributed by atoms with Gasteiger partial charge in [0.1, 0.15) is 5.82 Å². The zero-order valence-electron chi connectivity index (χ0n) is 11.9. The van der Waals surface area contributed by atoms with Crippen LogP contribution in [0.2, 0.25) is 15.1 Å². The number of rotatable bonds is 4. The van der Waals surface area contributed by atoms with Crippen LogP contribution >= 0.6 is 34.8 Å². The summed E-state index contributed by atoms with van der Waals surface area (Å²) in [5, 5.41) is 3.03. The summed E-state index contributed by atoms with van der Waals surface area (Å²) in [6.07, 6.45) is 0. The highest BCUT2D eigenvalue weighted by Gasteiger charge is 2.15. The number of ether oxygens (including phenoxy) is 1. The van der Waals surface area contributed by atoms with E-state index >= 15 is 0 Å². The average molecular weight is 392 g/mol. The third-order valence-corrected chi connectivity index (χ3v) is 3.89. The molecule has 0 heterocycles.